The van der Waals surface area contributed by atoms with Crippen LogP contribution in [0.15, 0.2) is 54.7 Å². The zero-order valence-electron chi connectivity index (χ0n) is 15.2. The van der Waals surface area contributed by atoms with E-state index in [2.05, 4.69) is 33.6 Å². The van der Waals surface area contributed by atoms with Gasteiger partial charge in [-0.2, -0.15) is 5.26 Å². The number of benzene rings is 2. The van der Waals surface area contributed by atoms with E-state index in [1.165, 1.54) is 0 Å². The van der Waals surface area contributed by atoms with E-state index >= 15 is 0 Å². The summed E-state index contributed by atoms with van der Waals surface area (Å²) in [4.78, 5) is 21.0. The molecular formula is C21H19N5O. The number of aryl methyl sites for hydroxylation is 2. The molecule has 2 aromatic carbocycles. The van der Waals surface area contributed by atoms with Crippen molar-refractivity contribution in [2.75, 3.05) is 10.6 Å². The molecule has 27 heavy (non-hydrogen) atoms. The van der Waals surface area contributed by atoms with Crippen molar-refractivity contribution in [1.29, 1.82) is 5.26 Å². The highest BCUT2D eigenvalue weighted by atomic mass is 16.1. The van der Waals surface area contributed by atoms with Crippen molar-refractivity contribution in [1.82, 2.24) is 9.97 Å². The molecule has 134 valence electrons. The van der Waals surface area contributed by atoms with Gasteiger partial charge < -0.3 is 10.6 Å². The molecule has 0 spiro atoms. The van der Waals surface area contributed by atoms with E-state index in [0.29, 0.717) is 17.2 Å². The van der Waals surface area contributed by atoms with Gasteiger partial charge in [0.05, 0.1) is 11.6 Å². The van der Waals surface area contributed by atoms with Gasteiger partial charge in [-0.15, -0.1) is 0 Å². The first-order chi connectivity index (χ1) is 13.1. The van der Waals surface area contributed by atoms with Gasteiger partial charge >= 0.3 is 0 Å². The van der Waals surface area contributed by atoms with E-state index in [1.807, 2.05) is 25.1 Å². The number of carbonyl (C=O) groups excluding carboxylic acids is 1. The summed E-state index contributed by atoms with van der Waals surface area (Å²) >= 11 is 0. The maximum absolute atomic E-state index is 12.5. The molecule has 0 radical (unpaired) electrons. The van der Waals surface area contributed by atoms with Crippen LogP contribution in [0, 0.1) is 18.3 Å². The minimum absolute atomic E-state index is 0.253. The van der Waals surface area contributed by atoms with Gasteiger partial charge in [0.25, 0.3) is 5.91 Å². The lowest BCUT2D eigenvalue weighted by molar-refractivity contribution is 0.102. The van der Waals surface area contributed by atoms with E-state index in [1.54, 1.807) is 36.5 Å². The Morgan fingerprint density at radius 1 is 1.15 bits per heavy atom. The van der Waals surface area contributed by atoms with Crippen LogP contribution in [-0.4, -0.2) is 15.9 Å². The Morgan fingerprint density at radius 3 is 2.63 bits per heavy atom. The number of carbonyl (C=O) groups is 1. The molecule has 0 saturated carbocycles. The van der Waals surface area contributed by atoms with Crippen LogP contribution in [0.25, 0.3) is 0 Å². The van der Waals surface area contributed by atoms with E-state index in [-0.39, 0.29) is 11.6 Å². The van der Waals surface area contributed by atoms with E-state index in [0.717, 1.165) is 23.2 Å². The molecule has 0 saturated heterocycles. The second-order valence-electron chi connectivity index (χ2n) is 6.00. The summed E-state index contributed by atoms with van der Waals surface area (Å²) in [5.41, 5.74) is 4.59. The van der Waals surface area contributed by atoms with Crippen molar-refractivity contribution >= 4 is 23.2 Å². The molecule has 1 aromatic heterocycles. The first-order valence-electron chi connectivity index (χ1n) is 8.60. The molecule has 0 aliphatic rings. The summed E-state index contributed by atoms with van der Waals surface area (Å²) in [6.45, 7) is 4.10. The van der Waals surface area contributed by atoms with Gasteiger partial charge in [-0.3, -0.25) is 4.79 Å². The molecule has 0 atom stereocenters. The molecular weight excluding hydrogens is 338 g/mol. The Hall–Kier alpha value is -3.72. The number of rotatable bonds is 5. The van der Waals surface area contributed by atoms with Crippen LogP contribution >= 0.6 is 0 Å². The van der Waals surface area contributed by atoms with Gasteiger partial charge in [0.15, 0.2) is 0 Å². The first-order valence-corrected chi connectivity index (χ1v) is 8.60. The molecule has 3 aromatic rings. The number of para-hydroxylation sites is 1. The standard InChI is InChI=1S/C21H19N5O/c1-3-16-6-4-5-14(2)19(16)26-21-23-12-11-18(25-21)20(27)24-17-9-7-15(13-22)8-10-17/h4-12H,3H2,1-2H3,(H,24,27)(H,23,25,26). The fraction of sp³-hybridized carbons (Fsp3) is 0.143. The predicted octanol–water partition coefficient (Wildman–Crippen LogP) is 4.22. The number of nitriles is 1. The number of nitrogens with zero attached hydrogens (tertiary/aromatic N) is 3. The average molecular weight is 357 g/mol. The Bertz CT molecular complexity index is 1010. The Kier molecular flexibility index (Phi) is 5.43. The quantitative estimate of drug-likeness (QED) is 0.713. The number of nitrogens with one attached hydrogen (secondary N) is 2. The molecule has 1 amide bonds. The summed E-state index contributed by atoms with van der Waals surface area (Å²) in [5, 5.41) is 14.8. The van der Waals surface area contributed by atoms with Crippen molar-refractivity contribution in [3.8, 4) is 6.07 Å². The first kappa shape index (κ1) is 18.1. The summed E-state index contributed by atoms with van der Waals surface area (Å²) in [6.07, 6.45) is 2.43. The highest BCUT2D eigenvalue weighted by molar-refractivity contribution is 6.03. The number of hydrogen-bond donors (Lipinski definition) is 2. The lowest BCUT2D eigenvalue weighted by atomic mass is 10.1. The van der Waals surface area contributed by atoms with Crippen molar-refractivity contribution in [2.24, 2.45) is 0 Å². The molecule has 0 aliphatic heterocycles. The highest BCUT2D eigenvalue weighted by Crippen LogP contribution is 2.23. The second kappa shape index (κ2) is 8.11. The molecule has 0 unspecified atom stereocenters. The predicted molar refractivity (Wildman–Crippen MR) is 105 cm³/mol. The molecule has 0 aliphatic carbocycles. The summed E-state index contributed by atoms with van der Waals surface area (Å²) < 4.78 is 0. The van der Waals surface area contributed by atoms with Crippen LogP contribution in [-0.2, 0) is 6.42 Å². The minimum atomic E-state index is -0.342. The zero-order valence-corrected chi connectivity index (χ0v) is 15.2. The van der Waals surface area contributed by atoms with Crippen LogP contribution in [0.4, 0.5) is 17.3 Å². The van der Waals surface area contributed by atoms with Crippen molar-refractivity contribution < 1.29 is 4.79 Å². The van der Waals surface area contributed by atoms with Gasteiger partial charge in [0.1, 0.15) is 5.69 Å². The summed E-state index contributed by atoms with van der Waals surface area (Å²) in [5.74, 6) is 0.0251. The van der Waals surface area contributed by atoms with Crippen LogP contribution in [0.3, 0.4) is 0 Å². The topological polar surface area (TPSA) is 90.7 Å². The fourth-order valence-corrected chi connectivity index (χ4v) is 2.68. The fourth-order valence-electron chi connectivity index (χ4n) is 2.68. The molecule has 3 rings (SSSR count). The zero-order chi connectivity index (χ0) is 19.2. The Labute approximate surface area is 157 Å². The third-order valence-electron chi connectivity index (χ3n) is 4.14. The SMILES string of the molecule is CCc1cccc(C)c1Nc1nccc(C(=O)Nc2ccc(C#N)cc2)n1. The second-order valence-corrected chi connectivity index (χ2v) is 6.00. The molecule has 0 bridgehead atoms. The molecule has 2 N–H and O–H groups in total. The number of anilines is 3. The lowest BCUT2D eigenvalue weighted by Crippen LogP contribution is -2.15. The largest absolute Gasteiger partial charge is 0.324 e. The van der Waals surface area contributed by atoms with Crippen LogP contribution in [0.2, 0.25) is 0 Å². The molecule has 6 nitrogen and oxygen atoms in total. The Morgan fingerprint density at radius 2 is 1.93 bits per heavy atom. The molecule has 6 heteroatoms. The molecule has 1 heterocycles. The normalized spacial score (nSPS) is 10.1. The monoisotopic (exact) mass is 357 g/mol. The van der Waals surface area contributed by atoms with Crippen molar-refractivity contribution in [3.05, 3.63) is 77.1 Å². The molecule has 0 fully saturated rings. The van der Waals surface area contributed by atoms with Crippen molar-refractivity contribution in [2.45, 2.75) is 20.3 Å². The summed E-state index contributed by atoms with van der Waals surface area (Å²) in [6, 6.07) is 16.3. The Balaban J connectivity index is 1.79. The highest BCUT2D eigenvalue weighted by Gasteiger charge is 2.11. The van der Waals surface area contributed by atoms with Gasteiger partial charge in [0, 0.05) is 17.6 Å². The average Bonchev–Trinajstić information content (AvgIpc) is 2.70. The van der Waals surface area contributed by atoms with Crippen molar-refractivity contribution in [3.63, 3.8) is 0 Å². The third kappa shape index (κ3) is 4.28. The van der Waals surface area contributed by atoms with E-state index in [9.17, 15) is 4.79 Å². The minimum Gasteiger partial charge on any atom is -0.324 e. The number of hydrogen-bond acceptors (Lipinski definition) is 5. The van der Waals surface area contributed by atoms with E-state index in [4.69, 9.17) is 5.26 Å². The number of aromatic nitrogens is 2. The maximum Gasteiger partial charge on any atom is 0.274 e. The lowest BCUT2D eigenvalue weighted by Gasteiger charge is -2.13. The van der Waals surface area contributed by atoms with Crippen LogP contribution in [0.5, 0.6) is 0 Å². The number of amides is 1. The van der Waals surface area contributed by atoms with Gasteiger partial charge in [-0.1, -0.05) is 25.1 Å². The van der Waals surface area contributed by atoms with E-state index < -0.39 is 0 Å². The van der Waals surface area contributed by atoms with Gasteiger partial charge in [0.2, 0.25) is 5.95 Å². The third-order valence-corrected chi connectivity index (χ3v) is 4.14. The maximum atomic E-state index is 12.5. The van der Waals surface area contributed by atoms with Gasteiger partial charge in [-0.05, 0) is 54.8 Å². The van der Waals surface area contributed by atoms with Crippen LogP contribution in [0.1, 0.15) is 34.1 Å². The van der Waals surface area contributed by atoms with Crippen LogP contribution < -0.4 is 10.6 Å². The van der Waals surface area contributed by atoms with Gasteiger partial charge in [-0.25, -0.2) is 9.97 Å². The summed E-state index contributed by atoms with van der Waals surface area (Å²) in [7, 11) is 0. The smallest absolute Gasteiger partial charge is 0.274 e.